The monoisotopic (exact) mass is 537 g/mol. The number of sulfonamides is 1. The highest BCUT2D eigenvalue weighted by atomic mass is 127. The molecule has 2 rings (SSSR count). The molecule has 0 spiro atoms. The third kappa shape index (κ3) is 6.05. The van der Waals surface area contributed by atoms with Gasteiger partial charge in [-0.1, -0.05) is 62.3 Å². The number of hydrogen-bond acceptors (Lipinski definition) is 4. The number of halogens is 2. The van der Waals surface area contributed by atoms with Crippen LogP contribution >= 0.6 is 38.5 Å². The van der Waals surface area contributed by atoms with Gasteiger partial charge in [0.1, 0.15) is 6.10 Å². The molecule has 0 bridgehead atoms. The predicted octanol–water partition coefficient (Wildman–Crippen LogP) is 3.70. The minimum atomic E-state index is -3.64. The second-order valence-electron chi connectivity index (χ2n) is 5.36. The van der Waals surface area contributed by atoms with Gasteiger partial charge >= 0.3 is 5.97 Å². The second-order valence-corrected chi connectivity index (χ2v) is 8.92. The Morgan fingerprint density at radius 2 is 1.92 bits per heavy atom. The van der Waals surface area contributed by atoms with Crippen molar-refractivity contribution in [1.29, 1.82) is 0 Å². The number of carbonyl (C=O) groups is 1. The number of benzene rings is 2. The first-order valence-corrected chi connectivity index (χ1v) is 11.2. The van der Waals surface area contributed by atoms with Crippen LogP contribution in [0.4, 0.5) is 0 Å². The van der Waals surface area contributed by atoms with Crippen molar-refractivity contribution in [3.63, 3.8) is 0 Å². The van der Waals surface area contributed by atoms with Gasteiger partial charge in [-0.25, -0.2) is 17.9 Å². The predicted molar refractivity (Wildman–Crippen MR) is 109 cm³/mol. The molecule has 0 fully saturated rings. The lowest BCUT2D eigenvalue weighted by molar-refractivity contribution is 0.0366. The second kappa shape index (κ2) is 9.11. The SMILES string of the molecule is Cc1ccc(S(=O)(=O)NCC(CI)OC(=O)c2cccc(Br)c2)cc1. The van der Waals surface area contributed by atoms with Crippen LogP contribution in [0, 0.1) is 6.92 Å². The van der Waals surface area contributed by atoms with Crippen LogP contribution in [0.25, 0.3) is 0 Å². The lowest BCUT2D eigenvalue weighted by Crippen LogP contribution is -2.35. The standard InChI is InChI=1S/C17H17BrINO4S/c1-12-5-7-16(8-6-12)25(22,23)20-11-15(10-19)24-17(21)13-3-2-4-14(18)9-13/h2-9,15,20H,10-11H2,1H3. The molecule has 0 aliphatic heterocycles. The van der Waals surface area contributed by atoms with Gasteiger partial charge in [-0.3, -0.25) is 0 Å². The summed E-state index contributed by atoms with van der Waals surface area (Å²) in [4.78, 5) is 12.4. The Balaban J connectivity index is 1.99. The van der Waals surface area contributed by atoms with Crippen molar-refractivity contribution < 1.29 is 17.9 Å². The number of aryl methyl sites for hydroxylation is 1. The molecule has 2 aromatic carbocycles. The Kier molecular flexibility index (Phi) is 7.41. The first kappa shape index (κ1) is 20.3. The normalized spacial score (nSPS) is 12.6. The maximum absolute atomic E-state index is 12.3. The number of rotatable bonds is 7. The fraction of sp³-hybridized carbons (Fsp3) is 0.235. The van der Waals surface area contributed by atoms with Crippen LogP contribution in [-0.2, 0) is 14.8 Å². The minimum absolute atomic E-state index is 0.0128. The number of ether oxygens (including phenoxy) is 1. The van der Waals surface area contributed by atoms with E-state index in [2.05, 4.69) is 43.2 Å². The summed E-state index contributed by atoms with van der Waals surface area (Å²) in [6.45, 7) is 1.90. The maximum atomic E-state index is 12.3. The van der Waals surface area contributed by atoms with Gasteiger partial charge in [0, 0.05) is 15.4 Å². The first-order valence-electron chi connectivity index (χ1n) is 7.40. The summed E-state index contributed by atoms with van der Waals surface area (Å²) >= 11 is 5.36. The molecule has 0 saturated heterocycles. The van der Waals surface area contributed by atoms with E-state index in [4.69, 9.17) is 4.74 Å². The summed E-state index contributed by atoms with van der Waals surface area (Å²) in [6, 6.07) is 13.4. The fourth-order valence-electron chi connectivity index (χ4n) is 1.97. The van der Waals surface area contributed by atoms with Crippen molar-refractivity contribution in [2.24, 2.45) is 0 Å². The summed E-state index contributed by atoms with van der Waals surface area (Å²) in [6.07, 6.45) is -0.563. The van der Waals surface area contributed by atoms with Crippen LogP contribution in [-0.4, -0.2) is 31.5 Å². The third-order valence-electron chi connectivity index (χ3n) is 3.34. The van der Waals surface area contributed by atoms with Gasteiger partial charge < -0.3 is 4.74 Å². The zero-order chi connectivity index (χ0) is 18.4. The van der Waals surface area contributed by atoms with Crippen LogP contribution in [0.3, 0.4) is 0 Å². The molecule has 5 nitrogen and oxygen atoms in total. The van der Waals surface area contributed by atoms with E-state index in [9.17, 15) is 13.2 Å². The van der Waals surface area contributed by atoms with Crippen molar-refractivity contribution in [3.05, 3.63) is 64.1 Å². The molecule has 0 aliphatic rings. The number of carbonyl (C=O) groups excluding carboxylic acids is 1. The Labute approximate surface area is 169 Å². The Morgan fingerprint density at radius 3 is 2.52 bits per heavy atom. The van der Waals surface area contributed by atoms with Crippen molar-refractivity contribution in [3.8, 4) is 0 Å². The number of hydrogen-bond donors (Lipinski definition) is 1. The lowest BCUT2D eigenvalue weighted by Gasteiger charge is -2.16. The molecule has 0 amide bonds. The quantitative estimate of drug-likeness (QED) is 0.332. The summed E-state index contributed by atoms with van der Waals surface area (Å²) in [5.41, 5.74) is 1.39. The molecule has 8 heteroatoms. The van der Waals surface area contributed by atoms with Crippen molar-refractivity contribution in [2.45, 2.75) is 17.9 Å². The molecule has 0 aromatic heterocycles. The molecule has 0 heterocycles. The van der Waals surface area contributed by atoms with E-state index in [0.717, 1.165) is 10.0 Å². The molecule has 134 valence electrons. The van der Waals surface area contributed by atoms with Gasteiger partial charge in [0.2, 0.25) is 10.0 Å². The molecule has 1 unspecified atom stereocenters. The Bertz CT molecular complexity index is 840. The Morgan fingerprint density at radius 1 is 1.24 bits per heavy atom. The van der Waals surface area contributed by atoms with Crippen LogP contribution in [0.15, 0.2) is 57.9 Å². The minimum Gasteiger partial charge on any atom is -0.457 e. The fourth-order valence-corrected chi connectivity index (χ4v) is 3.92. The van der Waals surface area contributed by atoms with Crippen molar-refractivity contribution in [2.75, 3.05) is 11.0 Å². The van der Waals surface area contributed by atoms with Crippen LogP contribution < -0.4 is 4.72 Å². The van der Waals surface area contributed by atoms with Gasteiger partial charge in [0.05, 0.1) is 10.5 Å². The Hall–Kier alpha value is -0.970. The molecule has 1 N–H and O–H groups in total. The van der Waals surface area contributed by atoms with Crippen molar-refractivity contribution in [1.82, 2.24) is 4.72 Å². The zero-order valence-electron chi connectivity index (χ0n) is 13.4. The van der Waals surface area contributed by atoms with Crippen LogP contribution in [0.5, 0.6) is 0 Å². The summed E-state index contributed by atoms with van der Waals surface area (Å²) in [7, 11) is -3.64. The highest BCUT2D eigenvalue weighted by Gasteiger charge is 2.20. The van der Waals surface area contributed by atoms with E-state index in [-0.39, 0.29) is 11.4 Å². The first-order chi connectivity index (χ1) is 11.8. The van der Waals surface area contributed by atoms with Gasteiger partial charge in [-0.05, 0) is 37.3 Å². The average Bonchev–Trinajstić information content (AvgIpc) is 2.58. The topological polar surface area (TPSA) is 72.5 Å². The van der Waals surface area contributed by atoms with E-state index < -0.39 is 22.1 Å². The summed E-state index contributed by atoms with van der Waals surface area (Å²) in [5.74, 6) is -0.488. The van der Waals surface area contributed by atoms with E-state index in [1.54, 1.807) is 42.5 Å². The molecule has 0 saturated carbocycles. The molecule has 2 aromatic rings. The van der Waals surface area contributed by atoms with Gasteiger partial charge in [-0.2, -0.15) is 0 Å². The molecular formula is C17H17BrINO4S. The van der Waals surface area contributed by atoms with Crippen LogP contribution in [0.2, 0.25) is 0 Å². The number of esters is 1. The highest BCUT2D eigenvalue weighted by Crippen LogP contribution is 2.14. The highest BCUT2D eigenvalue weighted by molar-refractivity contribution is 14.1. The lowest BCUT2D eigenvalue weighted by atomic mass is 10.2. The van der Waals surface area contributed by atoms with Crippen molar-refractivity contribution >= 4 is 54.5 Å². The maximum Gasteiger partial charge on any atom is 0.338 e. The third-order valence-corrected chi connectivity index (χ3v) is 6.25. The van der Waals surface area contributed by atoms with Gasteiger partial charge in [0.15, 0.2) is 0 Å². The number of nitrogens with one attached hydrogen (secondary N) is 1. The van der Waals surface area contributed by atoms with E-state index >= 15 is 0 Å². The number of alkyl halides is 1. The van der Waals surface area contributed by atoms with E-state index in [1.165, 1.54) is 0 Å². The van der Waals surface area contributed by atoms with Gasteiger partial charge in [-0.15, -0.1) is 0 Å². The molecular weight excluding hydrogens is 521 g/mol. The summed E-state index contributed by atoms with van der Waals surface area (Å²) < 4.78 is 33.7. The van der Waals surface area contributed by atoms with Crippen LogP contribution in [0.1, 0.15) is 15.9 Å². The molecule has 1 atom stereocenters. The van der Waals surface area contributed by atoms with E-state index in [1.807, 2.05) is 13.0 Å². The molecule has 0 radical (unpaired) electrons. The smallest absolute Gasteiger partial charge is 0.338 e. The average molecular weight is 538 g/mol. The van der Waals surface area contributed by atoms with E-state index in [0.29, 0.717) is 9.99 Å². The largest absolute Gasteiger partial charge is 0.457 e. The zero-order valence-corrected chi connectivity index (χ0v) is 18.0. The molecule has 25 heavy (non-hydrogen) atoms. The summed E-state index contributed by atoms with van der Waals surface area (Å²) in [5, 5.41) is 0. The molecule has 0 aliphatic carbocycles. The van der Waals surface area contributed by atoms with Gasteiger partial charge in [0.25, 0.3) is 0 Å².